The lowest BCUT2D eigenvalue weighted by atomic mass is 10.1. The summed E-state index contributed by atoms with van der Waals surface area (Å²) in [7, 11) is 1.63. The summed E-state index contributed by atoms with van der Waals surface area (Å²) in [6, 6.07) is 3.98. The number of rotatable bonds is 5. The third kappa shape index (κ3) is 4.17. The second kappa shape index (κ2) is 8.31. The summed E-state index contributed by atoms with van der Waals surface area (Å²) in [6.45, 7) is 7.73. The van der Waals surface area contributed by atoms with E-state index in [1.165, 1.54) is 0 Å². The minimum absolute atomic E-state index is 0. The standard InChI is InChI=1S/C20H24N4O2.ClH/c1-11(2)22-20(25)19-12(3)15(23-13(19)4)9-17-18(26-5)10-16(24-17)14-7-6-8-21-14;/h6-11,21,23H,1-5H3,(H,22,25);1H/b17-9-;. The Morgan fingerprint density at radius 3 is 2.67 bits per heavy atom. The fraction of sp³-hybridized carbons (Fsp3) is 0.300. The largest absolute Gasteiger partial charge is 0.494 e. The molecule has 1 aliphatic rings. The number of nitrogens with zero attached hydrogens (tertiary/aromatic N) is 1. The maximum absolute atomic E-state index is 12.5. The maximum Gasteiger partial charge on any atom is 0.253 e. The molecule has 3 rings (SSSR count). The first-order valence-corrected chi connectivity index (χ1v) is 8.61. The molecule has 0 aliphatic carbocycles. The molecule has 1 aliphatic heterocycles. The van der Waals surface area contributed by atoms with Crippen molar-refractivity contribution < 1.29 is 9.53 Å². The lowest BCUT2D eigenvalue weighted by Crippen LogP contribution is -2.30. The first-order chi connectivity index (χ1) is 12.4. The molecule has 144 valence electrons. The Balaban J connectivity index is 0.00000261. The summed E-state index contributed by atoms with van der Waals surface area (Å²) in [5.74, 6) is 0.620. The van der Waals surface area contributed by atoms with Gasteiger partial charge in [-0.15, -0.1) is 12.4 Å². The topological polar surface area (TPSA) is 82.3 Å². The van der Waals surface area contributed by atoms with Gasteiger partial charge in [-0.25, -0.2) is 4.99 Å². The van der Waals surface area contributed by atoms with E-state index >= 15 is 0 Å². The van der Waals surface area contributed by atoms with Crippen molar-refractivity contribution in [2.24, 2.45) is 4.99 Å². The SMILES string of the molecule is COC1=CC(c2ccc[nH]2)=N/C1=C\c1[nH]c(C)c(C(=O)NC(C)C)c1C.Cl. The molecule has 2 aromatic rings. The van der Waals surface area contributed by atoms with E-state index in [9.17, 15) is 4.79 Å². The predicted molar refractivity (Wildman–Crippen MR) is 111 cm³/mol. The van der Waals surface area contributed by atoms with Gasteiger partial charge in [0.25, 0.3) is 5.91 Å². The lowest BCUT2D eigenvalue weighted by molar-refractivity contribution is 0.0942. The number of nitrogens with one attached hydrogen (secondary N) is 3. The molecule has 2 aromatic heterocycles. The quantitative estimate of drug-likeness (QED) is 0.726. The normalized spacial score (nSPS) is 14.8. The molecular formula is C20H25ClN4O2. The number of allylic oxidation sites excluding steroid dienone is 1. The minimum atomic E-state index is -0.0691. The van der Waals surface area contributed by atoms with E-state index < -0.39 is 0 Å². The number of carbonyl (C=O) groups is 1. The van der Waals surface area contributed by atoms with Crippen LogP contribution in [0.15, 0.2) is 40.9 Å². The van der Waals surface area contributed by atoms with E-state index in [0.717, 1.165) is 34.1 Å². The van der Waals surface area contributed by atoms with Gasteiger partial charge in [0, 0.05) is 29.7 Å². The number of ether oxygens (including phenoxy) is 1. The molecule has 0 fully saturated rings. The van der Waals surface area contributed by atoms with Crippen LogP contribution in [0.1, 0.15) is 46.9 Å². The molecule has 0 spiro atoms. The van der Waals surface area contributed by atoms with Gasteiger partial charge in [0.05, 0.1) is 24.1 Å². The first-order valence-electron chi connectivity index (χ1n) is 8.61. The van der Waals surface area contributed by atoms with E-state index in [0.29, 0.717) is 11.3 Å². The van der Waals surface area contributed by atoms with Gasteiger partial charge in [-0.2, -0.15) is 0 Å². The van der Waals surface area contributed by atoms with Crippen molar-refractivity contribution in [3.63, 3.8) is 0 Å². The fourth-order valence-corrected chi connectivity index (χ4v) is 3.04. The monoisotopic (exact) mass is 388 g/mol. The van der Waals surface area contributed by atoms with E-state index in [-0.39, 0.29) is 24.4 Å². The zero-order chi connectivity index (χ0) is 18.8. The van der Waals surface area contributed by atoms with Crippen LogP contribution in [0.3, 0.4) is 0 Å². The Kier molecular flexibility index (Phi) is 6.33. The number of hydrogen-bond donors (Lipinski definition) is 3. The van der Waals surface area contributed by atoms with Gasteiger partial charge in [0.15, 0.2) is 0 Å². The molecule has 0 atom stereocenters. The average molecular weight is 389 g/mol. The smallest absolute Gasteiger partial charge is 0.253 e. The van der Waals surface area contributed by atoms with Crippen molar-refractivity contribution in [1.29, 1.82) is 0 Å². The van der Waals surface area contributed by atoms with Crippen LogP contribution in [0.5, 0.6) is 0 Å². The number of carbonyl (C=O) groups excluding carboxylic acids is 1. The summed E-state index contributed by atoms with van der Waals surface area (Å²) >= 11 is 0. The third-order valence-electron chi connectivity index (χ3n) is 4.26. The highest BCUT2D eigenvalue weighted by molar-refractivity contribution is 6.11. The van der Waals surface area contributed by atoms with Crippen LogP contribution in [0.4, 0.5) is 0 Å². The van der Waals surface area contributed by atoms with Crippen molar-refractivity contribution in [3.05, 3.63) is 64.1 Å². The zero-order valence-electron chi connectivity index (χ0n) is 16.1. The Morgan fingerprint density at radius 2 is 2.07 bits per heavy atom. The summed E-state index contributed by atoms with van der Waals surface area (Å²) in [4.78, 5) is 23.6. The number of amides is 1. The maximum atomic E-state index is 12.5. The molecule has 0 radical (unpaired) electrons. The van der Waals surface area contributed by atoms with E-state index in [1.54, 1.807) is 7.11 Å². The van der Waals surface area contributed by atoms with Crippen molar-refractivity contribution in [2.45, 2.75) is 33.7 Å². The average Bonchev–Trinajstić information content (AvgIpc) is 3.27. The van der Waals surface area contributed by atoms with Crippen LogP contribution in [0.25, 0.3) is 6.08 Å². The first kappa shape index (κ1) is 20.6. The Morgan fingerprint density at radius 1 is 1.33 bits per heavy atom. The molecule has 1 amide bonds. The fourth-order valence-electron chi connectivity index (χ4n) is 3.04. The molecule has 0 saturated heterocycles. The Hall–Kier alpha value is -2.73. The van der Waals surface area contributed by atoms with Crippen LogP contribution in [-0.4, -0.2) is 34.7 Å². The van der Waals surface area contributed by atoms with Crippen LogP contribution in [0, 0.1) is 13.8 Å². The molecule has 0 aromatic carbocycles. The van der Waals surface area contributed by atoms with E-state index in [1.807, 2.05) is 58.2 Å². The number of aliphatic imine (C=N–C) groups is 1. The Labute approximate surface area is 165 Å². The Bertz CT molecular complexity index is 918. The zero-order valence-corrected chi connectivity index (χ0v) is 17.0. The third-order valence-corrected chi connectivity index (χ3v) is 4.26. The molecule has 27 heavy (non-hydrogen) atoms. The summed E-state index contributed by atoms with van der Waals surface area (Å²) in [5, 5.41) is 2.95. The molecule has 0 saturated carbocycles. The van der Waals surface area contributed by atoms with Gasteiger partial charge in [-0.1, -0.05) is 0 Å². The second-order valence-electron chi connectivity index (χ2n) is 6.61. The van der Waals surface area contributed by atoms with Crippen LogP contribution >= 0.6 is 12.4 Å². The van der Waals surface area contributed by atoms with Gasteiger partial charge < -0.3 is 20.0 Å². The predicted octanol–water partition coefficient (Wildman–Crippen LogP) is 3.89. The van der Waals surface area contributed by atoms with Gasteiger partial charge in [-0.3, -0.25) is 4.79 Å². The summed E-state index contributed by atoms with van der Waals surface area (Å²) < 4.78 is 5.47. The number of H-pyrrole nitrogens is 2. The van der Waals surface area contributed by atoms with Crippen LogP contribution in [0.2, 0.25) is 0 Å². The highest BCUT2D eigenvalue weighted by Gasteiger charge is 2.21. The molecule has 0 bridgehead atoms. The van der Waals surface area contributed by atoms with Gasteiger partial charge >= 0.3 is 0 Å². The van der Waals surface area contributed by atoms with Gasteiger partial charge in [-0.05, 0) is 51.5 Å². The number of hydrogen-bond acceptors (Lipinski definition) is 3. The lowest BCUT2D eigenvalue weighted by Gasteiger charge is -2.08. The van der Waals surface area contributed by atoms with Crippen LogP contribution < -0.4 is 5.32 Å². The summed E-state index contributed by atoms with van der Waals surface area (Å²) in [5.41, 5.74) is 5.73. The van der Waals surface area contributed by atoms with E-state index in [2.05, 4.69) is 20.3 Å². The minimum Gasteiger partial charge on any atom is -0.494 e. The van der Waals surface area contributed by atoms with Crippen molar-refractivity contribution >= 4 is 30.1 Å². The molecule has 3 heterocycles. The summed E-state index contributed by atoms with van der Waals surface area (Å²) in [6.07, 6.45) is 5.67. The highest BCUT2D eigenvalue weighted by Crippen LogP contribution is 2.27. The second-order valence-corrected chi connectivity index (χ2v) is 6.61. The number of aromatic amines is 2. The number of halogens is 1. The molecule has 3 N–H and O–H groups in total. The van der Waals surface area contributed by atoms with Gasteiger partial charge in [0.2, 0.25) is 0 Å². The molecule has 0 unspecified atom stereocenters. The van der Waals surface area contributed by atoms with Crippen molar-refractivity contribution in [2.75, 3.05) is 7.11 Å². The van der Waals surface area contributed by atoms with E-state index in [4.69, 9.17) is 4.74 Å². The number of aryl methyl sites for hydroxylation is 1. The molecule has 6 nitrogen and oxygen atoms in total. The number of methoxy groups -OCH3 is 1. The van der Waals surface area contributed by atoms with Gasteiger partial charge in [0.1, 0.15) is 11.5 Å². The molecule has 7 heteroatoms. The number of aromatic nitrogens is 2. The van der Waals surface area contributed by atoms with Crippen molar-refractivity contribution in [3.8, 4) is 0 Å². The van der Waals surface area contributed by atoms with Crippen LogP contribution in [-0.2, 0) is 4.74 Å². The highest BCUT2D eigenvalue weighted by atomic mass is 35.5. The van der Waals surface area contributed by atoms with Crippen molar-refractivity contribution in [1.82, 2.24) is 15.3 Å². The molecular weight excluding hydrogens is 364 g/mol.